The summed E-state index contributed by atoms with van der Waals surface area (Å²) in [5, 5.41) is 4.05. The van der Waals surface area contributed by atoms with E-state index in [-0.39, 0.29) is 0 Å². The van der Waals surface area contributed by atoms with E-state index in [2.05, 4.69) is 41.0 Å². The van der Waals surface area contributed by atoms with Crippen molar-refractivity contribution < 1.29 is 9.26 Å². The molecule has 118 valence electrons. The van der Waals surface area contributed by atoms with Gasteiger partial charge < -0.3 is 9.26 Å². The van der Waals surface area contributed by atoms with Gasteiger partial charge in [-0.25, -0.2) is 0 Å². The highest BCUT2D eigenvalue weighted by Crippen LogP contribution is 2.34. The van der Waals surface area contributed by atoms with E-state index in [1.807, 2.05) is 12.1 Å². The number of methoxy groups -OCH3 is 1. The number of benzene rings is 1. The first kappa shape index (κ1) is 15.0. The fraction of sp³-hybridized carbons (Fsp3) is 0.529. The second kappa shape index (κ2) is 6.48. The predicted octanol–water partition coefficient (Wildman–Crippen LogP) is 3.54. The molecule has 5 heteroatoms. The summed E-state index contributed by atoms with van der Waals surface area (Å²) in [7, 11) is 1.71. The molecule has 1 aromatic heterocycles. The molecule has 0 aliphatic carbocycles. The maximum atomic E-state index is 5.39. The van der Waals surface area contributed by atoms with Gasteiger partial charge in [-0.15, -0.1) is 0 Å². The summed E-state index contributed by atoms with van der Waals surface area (Å²) in [6.45, 7) is 5.91. The van der Waals surface area contributed by atoms with Crippen molar-refractivity contribution in [3.63, 3.8) is 0 Å². The Kier molecular flexibility index (Phi) is 4.43. The lowest BCUT2D eigenvalue weighted by atomic mass is 10.0. The van der Waals surface area contributed by atoms with Crippen molar-refractivity contribution in [2.45, 2.75) is 45.2 Å². The molecule has 0 bridgehead atoms. The number of rotatable bonds is 5. The van der Waals surface area contributed by atoms with E-state index in [0.29, 0.717) is 24.4 Å². The topological polar surface area (TPSA) is 51.4 Å². The molecule has 1 aromatic carbocycles. The summed E-state index contributed by atoms with van der Waals surface area (Å²) in [4.78, 5) is 6.90. The Morgan fingerprint density at radius 3 is 3.00 bits per heavy atom. The van der Waals surface area contributed by atoms with Crippen LogP contribution in [-0.2, 0) is 6.54 Å². The molecule has 0 saturated carbocycles. The molecule has 1 fully saturated rings. The molecule has 2 aromatic rings. The smallest absolute Gasteiger partial charge is 0.240 e. The molecular weight excluding hydrogens is 278 g/mol. The van der Waals surface area contributed by atoms with Gasteiger partial charge in [0.15, 0.2) is 5.82 Å². The Labute approximate surface area is 131 Å². The number of ether oxygens (including phenoxy) is 1. The average Bonchev–Trinajstić information content (AvgIpc) is 3.17. The van der Waals surface area contributed by atoms with E-state index >= 15 is 0 Å². The van der Waals surface area contributed by atoms with E-state index in [1.165, 1.54) is 12.0 Å². The summed E-state index contributed by atoms with van der Waals surface area (Å²) in [5.74, 6) is 2.69. The second-order valence-corrected chi connectivity index (χ2v) is 6.11. The van der Waals surface area contributed by atoms with Gasteiger partial charge in [0.25, 0.3) is 0 Å². The highest BCUT2D eigenvalue weighted by atomic mass is 16.5. The monoisotopic (exact) mass is 301 g/mol. The zero-order chi connectivity index (χ0) is 15.5. The van der Waals surface area contributed by atoms with E-state index in [1.54, 1.807) is 7.11 Å². The molecule has 1 atom stereocenters. The van der Waals surface area contributed by atoms with Crippen LogP contribution in [0.3, 0.4) is 0 Å². The van der Waals surface area contributed by atoms with Gasteiger partial charge in [0.2, 0.25) is 5.89 Å². The molecular formula is C17H23N3O2. The van der Waals surface area contributed by atoms with Gasteiger partial charge in [0, 0.05) is 12.0 Å². The van der Waals surface area contributed by atoms with Gasteiger partial charge in [0.1, 0.15) is 5.75 Å². The average molecular weight is 301 g/mol. The summed E-state index contributed by atoms with van der Waals surface area (Å²) in [5.41, 5.74) is 1.29. The molecule has 0 amide bonds. The fourth-order valence-corrected chi connectivity index (χ4v) is 2.98. The van der Waals surface area contributed by atoms with E-state index < -0.39 is 0 Å². The van der Waals surface area contributed by atoms with Crippen LogP contribution in [-0.4, -0.2) is 28.7 Å². The minimum Gasteiger partial charge on any atom is -0.497 e. The molecule has 0 spiro atoms. The molecule has 3 rings (SSSR count). The van der Waals surface area contributed by atoms with Gasteiger partial charge in [0.05, 0.1) is 13.7 Å². The van der Waals surface area contributed by atoms with Gasteiger partial charge in [-0.2, -0.15) is 4.98 Å². The van der Waals surface area contributed by atoms with Crippen LogP contribution in [0.25, 0.3) is 0 Å². The Bertz CT molecular complexity index is 624. The zero-order valence-corrected chi connectivity index (χ0v) is 13.5. The summed E-state index contributed by atoms with van der Waals surface area (Å²) < 4.78 is 10.7. The second-order valence-electron chi connectivity index (χ2n) is 6.11. The summed E-state index contributed by atoms with van der Waals surface area (Å²) in [6.07, 6.45) is 2.34. The first-order chi connectivity index (χ1) is 10.7. The van der Waals surface area contributed by atoms with Crippen LogP contribution in [0.1, 0.15) is 55.9 Å². The number of hydrogen-bond donors (Lipinski definition) is 0. The zero-order valence-electron chi connectivity index (χ0n) is 13.5. The highest BCUT2D eigenvalue weighted by Gasteiger charge is 2.28. The van der Waals surface area contributed by atoms with E-state index in [4.69, 9.17) is 9.26 Å². The highest BCUT2D eigenvalue weighted by molar-refractivity contribution is 5.31. The van der Waals surface area contributed by atoms with E-state index in [0.717, 1.165) is 24.5 Å². The number of likely N-dealkylation sites (tertiary alicyclic amines) is 1. The standard InChI is InChI=1S/C17H23N3O2/c1-12(2)17-18-16(22-19-17)11-20-9-5-8-15(20)13-6-4-7-14(10-13)21-3/h4,6-7,10,12,15H,5,8-9,11H2,1-3H3/t15-/m1/s1. The molecule has 0 radical (unpaired) electrons. The largest absolute Gasteiger partial charge is 0.497 e. The molecule has 1 aliphatic rings. The molecule has 1 aliphatic heterocycles. The van der Waals surface area contributed by atoms with Crippen molar-refractivity contribution in [2.75, 3.05) is 13.7 Å². The lowest BCUT2D eigenvalue weighted by Gasteiger charge is -2.23. The minimum atomic E-state index is 0.297. The van der Waals surface area contributed by atoms with Crippen molar-refractivity contribution in [1.82, 2.24) is 15.0 Å². The van der Waals surface area contributed by atoms with Crippen LogP contribution in [0.2, 0.25) is 0 Å². The van der Waals surface area contributed by atoms with Crippen LogP contribution in [0.5, 0.6) is 5.75 Å². The first-order valence-electron chi connectivity index (χ1n) is 7.88. The molecule has 0 N–H and O–H groups in total. The Morgan fingerprint density at radius 2 is 2.27 bits per heavy atom. The van der Waals surface area contributed by atoms with Crippen LogP contribution >= 0.6 is 0 Å². The molecule has 2 heterocycles. The SMILES string of the molecule is COc1cccc([C@H]2CCCN2Cc2nc(C(C)C)no2)c1. The molecule has 5 nitrogen and oxygen atoms in total. The van der Waals surface area contributed by atoms with Gasteiger partial charge in [-0.05, 0) is 37.1 Å². The van der Waals surface area contributed by atoms with Crippen LogP contribution in [0, 0.1) is 0 Å². The molecule has 22 heavy (non-hydrogen) atoms. The summed E-state index contributed by atoms with van der Waals surface area (Å²) in [6, 6.07) is 8.71. The first-order valence-corrected chi connectivity index (χ1v) is 7.88. The number of aromatic nitrogens is 2. The minimum absolute atomic E-state index is 0.297. The number of nitrogens with zero attached hydrogens (tertiary/aromatic N) is 3. The van der Waals surface area contributed by atoms with Crippen LogP contribution in [0.4, 0.5) is 0 Å². The predicted molar refractivity (Wildman–Crippen MR) is 83.8 cm³/mol. The van der Waals surface area contributed by atoms with Crippen molar-refractivity contribution in [1.29, 1.82) is 0 Å². The van der Waals surface area contributed by atoms with Crippen LogP contribution in [0.15, 0.2) is 28.8 Å². The third-order valence-electron chi connectivity index (χ3n) is 4.18. The lowest BCUT2D eigenvalue weighted by Crippen LogP contribution is -2.23. The third kappa shape index (κ3) is 3.14. The van der Waals surface area contributed by atoms with Crippen molar-refractivity contribution in [3.05, 3.63) is 41.5 Å². The quantitative estimate of drug-likeness (QED) is 0.845. The van der Waals surface area contributed by atoms with Crippen LogP contribution < -0.4 is 4.74 Å². The third-order valence-corrected chi connectivity index (χ3v) is 4.18. The Hall–Kier alpha value is -1.88. The van der Waals surface area contributed by atoms with Gasteiger partial charge in [-0.3, -0.25) is 4.90 Å². The van der Waals surface area contributed by atoms with Crippen molar-refractivity contribution in [2.24, 2.45) is 0 Å². The van der Waals surface area contributed by atoms with Crippen molar-refractivity contribution in [3.8, 4) is 5.75 Å². The Balaban J connectivity index is 1.74. The summed E-state index contributed by atoms with van der Waals surface area (Å²) >= 11 is 0. The molecule has 1 saturated heterocycles. The van der Waals surface area contributed by atoms with Gasteiger partial charge in [-0.1, -0.05) is 31.1 Å². The fourth-order valence-electron chi connectivity index (χ4n) is 2.98. The van der Waals surface area contributed by atoms with E-state index in [9.17, 15) is 0 Å². The molecule has 0 unspecified atom stereocenters. The van der Waals surface area contributed by atoms with Gasteiger partial charge >= 0.3 is 0 Å². The number of hydrogen-bond acceptors (Lipinski definition) is 5. The van der Waals surface area contributed by atoms with Crippen molar-refractivity contribution >= 4 is 0 Å². The lowest BCUT2D eigenvalue weighted by molar-refractivity contribution is 0.212. The maximum Gasteiger partial charge on any atom is 0.240 e. The normalized spacial score (nSPS) is 19.0. The maximum absolute atomic E-state index is 5.39. The Morgan fingerprint density at radius 1 is 1.41 bits per heavy atom.